The van der Waals surface area contributed by atoms with E-state index in [1.807, 2.05) is 0 Å². The third-order valence-electron chi connectivity index (χ3n) is 5.17. The first kappa shape index (κ1) is 42.4. The molecule has 260 valence electrons. The van der Waals surface area contributed by atoms with E-state index in [0.29, 0.717) is 0 Å². The first-order valence-electron chi connectivity index (χ1n) is 13.6. The molecule has 0 saturated carbocycles. The van der Waals surface area contributed by atoms with Gasteiger partial charge in [-0.25, -0.2) is 33.3 Å². The zero-order chi connectivity index (χ0) is 35.7. The Labute approximate surface area is 272 Å². The minimum absolute atomic E-state index is 0.384. The molecule has 0 radical (unpaired) electrons. The number of ether oxygens (including phenoxy) is 6. The van der Waals surface area contributed by atoms with Gasteiger partial charge in [0.2, 0.25) is 0 Å². The van der Waals surface area contributed by atoms with E-state index in [-0.39, 0.29) is 39.6 Å². The van der Waals surface area contributed by atoms with Crippen molar-refractivity contribution in [1.29, 1.82) is 0 Å². The van der Waals surface area contributed by atoms with Crippen LogP contribution in [-0.4, -0.2) is 95.3 Å². The molecule has 0 unspecified atom stereocenters. The second-order valence-corrected chi connectivity index (χ2v) is 10.6. The summed E-state index contributed by atoms with van der Waals surface area (Å²) in [4.78, 5) is 69.7. The SMILES string of the molecule is C=CC(=O)OCC(COC(=O)C=C)COP(=O)(OCC(COC(=O)C=C)COC(=O)C=C)OCC(COC(=O)C=C)COC(=O)C=C. The monoisotopic (exact) mass is 686 g/mol. The molecular weight excluding hydrogens is 647 g/mol. The Morgan fingerprint density at radius 2 is 0.553 bits per heavy atom. The highest BCUT2D eigenvalue weighted by molar-refractivity contribution is 7.48. The molecule has 0 atom stereocenters. The van der Waals surface area contributed by atoms with E-state index in [2.05, 4.69) is 39.5 Å². The van der Waals surface area contributed by atoms with Crippen LogP contribution in [0.2, 0.25) is 0 Å². The summed E-state index contributed by atoms with van der Waals surface area (Å²) in [5.74, 6) is -7.60. The Kier molecular flexibility index (Phi) is 22.2. The molecule has 0 heterocycles. The van der Waals surface area contributed by atoms with Crippen LogP contribution < -0.4 is 0 Å². The van der Waals surface area contributed by atoms with Gasteiger partial charge in [0.25, 0.3) is 0 Å². The average molecular weight is 687 g/mol. The molecule has 0 amide bonds. The van der Waals surface area contributed by atoms with E-state index in [0.717, 1.165) is 36.5 Å². The van der Waals surface area contributed by atoms with E-state index in [1.165, 1.54) is 0 Å². The average Bonchev–Trinajstić information content (AvgIpc) is 3.09. The van der Waals surface area contributed by atoms with Crippen molar-refractivity contribution in [2.75, 3.05) is 59.5 Å². The molecule has 16 nitrogen and oxygen atoms in total. The first-order valence-corrected chi connectivity index (χ1v) is 15.1. The van der Waals surface area contributed by atoms with Gasteiger partial charge in [0, 0.05) is 36.5 Å². The lowest BCUT2D eigenvalue weighted by Gasteiger charge is -2.25. The fourth-order valence-electron chi connectivity index (χ4n) is 2.69. The first-order chi connectivity index (χ1) is 22.3. The second-order valence-electron chi connectivity index (χ2n) is 8.94. The van der Waals surface area contributed by atoms with Crippen LogP contribution in [0, 0.1) is 17.8 Å². The Balaban J connectivity index is 6.12. The maximum Gasteiger partial charge on any atom is 0.474 e. The van der Waals surface area contributed by atoms with E-state index in [9.17, 15) is 33.3 Å². The number of hydrogen-bond acceptors (Lipinski definition) is 16. The number of phosphoric ester groups is 1. The molecule has 0 aromatic carbocycles. The minimum Gasteiger partial charge on any atom is -0.462 e. The lowest BCUT2D eigenvalue weighted by Crippen LogP contribution is -2.27. The molecule has 0 fully saturated rings. The van der Waals surface area contributed by atoms with Crippen molar-refractivity contribution in [1.82, 2.24) is 0 Å². The van der Waals surface area contributed by atoms with Crippen molar-refractivity contribution in [3.05, 3.63) is 75.9 Å². The number of carbonyl (C=O) groups excluding carboxylic acids is 6. The van der Waals surface area contributed by atoms with E-state index in [4.69, 9.17) is 42.0 Å². The molecule has 0 spiro atoms. The van der Waals surface area contributed by atoms with E-state index < -0.39 is 81.2 Å². The van der Waals surface area contributed by atoms with Crippen LogP contribution in [0.15, 0.2) is 75.9 Å². The van der Waals surface area contributed by atoms with Gasteiger partial charge >= 0.3 is 43.6 Å². The van der Waals surface area contributed by atoms with Crippen molar-refractivity contribution in [2.45, 2.75) is 0 Å². The van der Waals surface area contributed by atoms with Gasteiger partial charge in [-0.05, 0) is 0 Å². The van der Waals surface area contributed by atoms with Crippen molar-refractivity contribution >= 4 is 43.6 Å². The second kappa shape index (κ2) is 24.6. The van der Waals surface area contributed by atoms with Crippen LogP contribution >= 0.6 is 7.82 Å². The molecule has 0 rings (SSSR count). The van der Waals surface area contributed by atoms with Gasteiger partial charge < -0.3 is 28.4 Å². The molecule has 0 N–H and O–H groups in total. The standard InChI is InChI=1S/C30H39O16P/c1-7-25(31)38-13-22(14-39-26(32)8-2)19-44-47(37,45-20-23(15-40-27(33)9-3)16-41-28(34)10-4)46-21-24(17-42-29(35)11-5)18-43-30(36)12-6/h7-12,22-24H,1-6,13-21H2. The zero-order valence-corrected chi connectivity index (χ0v) is 26.7. The van der Waals surface area contributed by atoms with Gasteiger partial charge in [-0.15, -0.1) is 0 Å². The third kappa shape index (κ3) is 20.9. The molecule has 0 aromatic heterocycles. The van der Waals surface area contributed by atoms with Crippen LogP contribution in [0.3, 0.4) is 0 Å². The number of rotatable bonds is 27. The number of phosphoric acid groups is 1. The molecule has 0 aliphatic heterocycles. The van der Waals surface area contributed by atoms with Gasteiger partial charge in [-0.1, -0.05) is 39.5 Å². The van der Waals surface area contributed by atoms with Crippen molar-refractivity contribution in [3.8, 4) is 0 Å². The van der Waals surface area contributed by atoms with Crippen molar-refractivity contribution < 1.29 is 75.3 Å². The predicted octanol–water partition coefficient (Wildman–Crippen LogP) is 2.37. The lowest BCUT2D eigenvalue weighted by atomic mass is 10.2. The fraction of sp³-hybridized carbons (Fsp3) is 0.400. The predicted molar refractivity (Wildman–Crippen MR) is 163 cm³/mol. The molecule has 0 saturated heterocycles. The van der Waals surface area contributed by atoms with Crippen LogP contribution in [0.1, 0.15) is 0 Å². The maximum absolute atomic E-state index is 13.9. The van der Waals surface area contributed by atoms with Gasteiger partial charge in [0.1, 0.15) is 0 Å². The van der Waals surface area contributed by atoms with Gasteiger partial charge in [0.15, 0.2) is 0 Å². The maximum atomic E-state index is 13.9. The summed E-state index contributed by atoms with van der Waals surface area (Å²) >= 11 is 0. The topological polar surface area (TPSA) is 203 Å². The highest BCUT2D eigenvalue weighted by atomic mass is 31.2. The van der Waals surface area contributed by atoms with E-state index >= 15 is 0 Å². The van der Waals surface area contributed by atoms with Gasteiger partial charge in [0.05, 0.1) is 77.2 Å². The van der Waals surface area contributed by atoms with Crippen molar-refractivity contribution in [2.24, 2.45) is 17.8 Å². The molecule has 0 aromatic rings. The summed E-state index contributed by atoms with van der Waals surface area (Å²) in [5, 5.41) is 0. The highest BCUT2D eigenvalue weighted by Gasteiger charge is 2.33. The molecule has 0 aliphatic rings. The molecular formula is C30H39O16P. The van der Waals surface area contributed by atoms with Crippen LogP contribution in [0.5, 0.6) is 0 Å². The largest absolute Gasteiger partial charge is 0.474 e. The van der Waals surface area contributed by atoms with Gasteiger partial charge in [-0.2, -0.15) is 0 Å². The summed E-state index contributed by atoms with van der Waals surface area (Å²) in [5.41, 5.74) is 0. The molecule has 0 bridgehead atoms. The third-order valence-corrected chi connectivity index (χ3v) is 6.57. The summed E-state index contributed by atoms with van der Waals surface area (Å²) in [6.07, 6.45) is 5.34. The summed E-state index contributed by atoms with van der Waals surface area (Å²) in [7, 11) is -4.67. The number of carbonyl (C=O) groups is 6. The molecule has 0 aliphatic carbocycles. The highest BCUT2D eigenvalue weighted by Crippen LogP contribution is 2.50. The Hall–Kier alpha value is -4.63. The molecule has 17 heteroatoms. The van der Waals surface area contributed by atoms with Crippen LogP contribution in [-0.2, 0) is 75.3 Å². The van der Waals surface area contributed by atoms with Crippen LogP contribution in [0.4, 0.5) is 0 Å². The Morgan fingerprint density at radius 3 is 0.702 bits per heavy atom. The zero-order valence-electron chi connectivity index (χ0n) is 25.8. The molecule has 47 heavy (non-hydrogen) atoms. The number of hydrogen-bond donors (Lipinski definition) is 0. The number of esters is 6. The smallest absolute Gasteiger partial charge is 0.462 e. The van der Waals surface area contributed by atoms with Crippen LogP contribution in [0.25, 0.3) is 0 Å². The Morgan fingerprint density at radius 1 is 0.383 bits per heavy atom. The van der Waals surface area contributed by atoms with Crippen molar-refractivity contribution in [3.63, 3.8) is 0 Å². The van der Waals surface area contributed by atoms with E-state index in [1.54, 1.807) is 0 Å². The van der Waals surface area contributed by atoms with Gasteiger partial charge in [-0.3, -0.25) is 13.6 Å². The summed E-state index contributed by atoms with van der Waals surface area (Å²) in [6, 6.07) is 0. The summed E-state index contributed by atoms with van der Waals surface area (Å²) in [6.45, 7) is 15.7. The quantitative estimate of drug-likeness (QED) is 0.0527. The summed E-state index contributed by atoms with van der Waals surface area (Å²) < 4.78 is 60.3. The minimum atomic E-state index is -4.67. The normalized spacial score (nSPS) is 10.7. The fourth-order valence-corrected chi connectivity index (χ4v) is 4.09. The lowest BCUT2D eigenvalue weighted by molar-refractivity contribution is -0.145. The Bertz CT molecular complexity index is 978.